The first-order valence-corrected chi connectivity index (χ1v) is 6.14. The monoisotopic (exact) mass is 285 g/mol. The summed E-state index contributed by atoms with van der Waals surface area (Å²) in [6.07, 6.45) is 0. The number of hydrogen-bond donors (Lipinski definition) is 2. The van der Waals surface area contributed by atoms with Crippen molar-refractivity contribution in [3.63, 3.8) is 0 Å². The molecule has 1 aromatic rings. The minimum absolute atomic E-state index is 0.157. The van der Waals surface area contributed by atoms with Crippen molar-refractivity contribution in [1.29, 1.82) is 10.5 Å². The van der Waals surface area contributed by atoms with E-state index in [9.17, 15) is 4.79 Å². The van der Waals surface area contributed by atoms with Gasteiger partial charge >= 0.3 is 5.97 Å². The molecule has 2 N–H and O–H groups in total. The molecule has 0 heterocycles. The lowest BCUT2D eigenvalue weighted by Crippen LogP contribution is -2.12. The van der Waals surface area contributed by atoms with Crippen LogP contribution in [0.1, 0.15) is 24.2 Å². The number of methoxy groups -OCH3 is 1. The highest BCUT2D eigenvalue weighted by Crippen LogP contribution is 2.24. The van der Waals surface area contributed by atoms with Gasteiger partial charge in [0.1, 0.15) is 12.1 Å². The van der Waals surface area contributed by atoms with E-state index in [1.54, 1.807) is 24.3 Å². The molecule has 0 aromatic heterocycles. The lowest BCUT2D eigenvalue weighted by Gasteiger charge is -2.15. The van der Waals surface area contributed by atoms with Crippen molar-refractivity contribution in [2.75, 3.05) is 17.9 Å². The molecule has 1 rings (SSSR count). The average Bonchev–Trinajstić information content (AvgIpc) is 2.48. The van der Waals surface area contributed by atoms with E-state index in [1.165, 1.54) is 13.2 Å². The second-order valence-corrected chi connectivity index (χ2v) is 4.35. The molecule has 0 amide bonds. The van der Waals surface area contributed by atoms with Gasteiger partial charge in [-0.25, -0.2) is 4.79 Å². The van der Waals surface area contributed by atoms with Gasteiger partial charge in [0, 0.05) is 6.04 Å². The molecule has 7 nitrogen and oxygen atoms in total. The highest BCUT2D eigenvalue weighted by Gasteiger charge is 2.10. The standard InChI is InChI=1S/C14H15N5O2/c1-9(2)17-12-5-4-10(14(20)21-3)6-13(12)19-18-11(7-15)8-16/h4-6,9,17,19H,1-3H3. The van der Waals surface area contributed by atoms with Gasteiger partial charge in [0.2, 0.25) is 5.71 Å². The Labute approximate surface area is 122 Å². The van der Waals surface area contributed by atoms with E-state index in [0.717, 1.165) is 0 Å². The minimum Gasteiger partial charge on any atom is -0.465 e. The molecule has 0 fully saturated rings. The average molecular weight is 285 g/mol. The Kier molecular flexibility index (Phi) is 5.72. The highest BCUT2D eigenvalue weighted by atomic mass is 16.5. The number of nitrogens with one attached hydrogen (secondary N) is 2. The summed E-state index contributed by atoms with van der Waals surface area (Å²) in [5, 5.41) is 24.2. The van der Waals surface area contributed by atoms with Crippen LogP contribution in [0.15, 0.2) is 23.3 Å². The van der Waals surface area contributed by atoms with E-state index in [4.69, 9.17) is 10.5 Å². The van der Waals surface area contributed by atoms with Crippen molar-refractivity contribution in [3.8, 4) is 12.1 Å². The van der Waals surface area contributed by atoms with Crippen molar-refractivity contribution >= 4 is 23.1 Å². The molecule has 21 heavy (non-hydrogen) atoms. The fraction of sp³-hybridized carbons (Fsp3) is 0.286. The molecular weight excluding hydrogens is 270 g/mol. The third-order valence-electron chi connectivity index (χ3n) is 2.38. The van der Waals surface area contributed by atoms with Crippen LogP contribution in [0.2, 0.25) is 0 Å². The Morgan fingerprint density at radius 2 is 1.95 bits per heavy atom. The zero-order chi connectivity index (χ0) is 15.8. The van der Waals surface area contributed by atoms with Gasteiger partial charge in [-0.3, -0.25) is 5.43 Å². The van der Waals surface area contributed by atoms with Crippen LogP contribution in [0.5, 0.6) is 0 Å². The number of carbonyl (C=O) groups is 1. The fourth-order valence-electron chi connectivity index (χ4n) is 1.51. The number of ether oxygens (including phenoxy) is 1. The fourth-order valence-corrected chi connectivity index (χ4v) is 1.51. The van der Waals surface area contributed by atoms with E-state index in [1.807, 2.05) is 13.8 Å². The van der Waals surface area contributed by atoms with Gasteiger partial charge in [0.15, 0.2) is 0 Å². The summed E-state index contributed by atoms with van der Waals surface area (Å²) >= 11 is 0. The van der Waals surface area contributed by atoms with Crippen molar-refractivity contribution in [2.45, 2.75) is 19.9 Å². The van der Waals surface area contributed by atoms with Crippen molar-refractivity contribution < 1.29 is 9.53 Å². The van der Waals surface area contributed by atoms with Gasteiger partial charge in [0.05, 0.1) is 24.0 Å². The largest absolute Gasteiger partial charge is 0.465 e. The molecule has 7 heteroatoms. The highest BCUT2D eigenvalue weighted by molar-refractivity contribution is 6.10. The van der Waals surface area contributed by atoms with Crippen LogP contribution in [0, 0.1) is 22.7 Å². The molecule has 0 spiro atoms. The molecule has 0 atom stereocenters. The summed E-state index contributed by atoms with van der Waals surface area (Å²) in [5.74, 6) is -0.487. The van der Waals surface area contributed by atoms with Crippen molar-refractivity contribution in [1.82, 2.24) is 0 Å². The van der Waals surface area contributed by atoms with Gasteiger partial charge in [-0.05, 0) is 32.0 Å². The lowest BCUT2D eigenvalue weighted by molar-refractivity contribution is 0.0601. The SMILES string of the molecule is COC(=O)c1ccc(NC(C)C)c(NN=C(C#N)C#N)c1. The molecule has 0 aliphatic carbocycles. The third-order valence-corrected chi connectivity index (χ3v) is 2.38. The second-order valence-electron chi connectivity index (χ2n) is 4.35. The molecule has 108 valence electrons. The lowest BCUT2D eigenvalue weighted by atomic mass is 10.1. The first-order valence-electron chi connectivity index (χ1n) is 6.14. The number of esters is 1. The van der Waals surface area contributed by atoms with Gasteiger partial charge in [-0.2, -0.15) is 15.6 Å². The van der Waals surface area contributed by atoms with E-state index >= 15 is 0 Å². The summed E-state index contributed by atoms with van der Waals surface area (Å²) < 4.78 is 4.65. The van der Waals surface area contributed by atoms with Crippen molar-refractivity contribution in [2.24, 2.45) is 5.10 Å². The van der Waals surface area contributed by atoms with Gasteiger partial charge in [-0.1, -0.05) is 0 Å². The first kappa shape index (κ1) is 16.0. The number of hydrogen-bond acceptors (Lipinski definition) is 7. The van der Waals surface area contributed by atoms with Crippen LogP contribution in [0.3, 0.4) is 0 Å². The normalized spacial score (nSPS) is 9.24. The smallest absolute Gasteiger partial charge is 0.337 e. The molecule has 1 aromatic carbocycles. The number of benzene rings is 1. The molecule has 0 saturated carbocycles. The van der Waals surface area contributed by atoms with Gasteiger partial charge < -0.3 is 10.1 Å². The number of hydrazone groups is 1. The topological polar surface area (TPSA) is 110 Å². The predicted octanol–water partition coefficient (Wildman–Crippen LogP) is 2.11. The zero-order valence-corrected chi connectivity index (χ0v) is 12.0. The maximum atomic E-state index is 11.5. The Morgan fingerprint density at radius 3 is 2.48 bits per heavy atom. The third kappa shape index (κ3) is 4.51. The van der Waals surface area contributed by atoms with E-state index in [0.29, 0.717) is 16.9 Å². The zero-order valence-electron chi connectivity index (χ0n) is 12.0. The quantitative estimate of drug-likeness (QED) is 0.487. The summed E-state index contributed by atoms with van der Waals surface area (Å²) in [6.45, 7) is 3.91. The number of carbonyl (C=O) groups excluding carboxylic acids is 1. The molecule has 0 saturated heterocycles. The minimum atomic E-state index is -0.487. The molecule has 0 unspecified atom stereocenters. The van der Waals surface area contributed by atoms with Crippen LogP contribution >= 0.6 is 0 Å². The number of anilines is 2. The van der Waals surface area contributed by atoms with E-state index in [-0.39, 0.29) is 11.8 Å². The second kappa shape index (κ2) is 7.51. The summed E-state index contributed by atoms with van der Waals surface area (Å²) in [5.41, 5.74) is 3.79. The Bertz CT molecular complexity index is 622. The predicted molar refractivity (Wildman–Crippen MR) is 78.8 cm³/mol. The van der Waals surface area contributed by atoms with Crippen LogP contribution in [0.25, 0.3) is 0 Å². The number of nitriles is 2. The summed E-state index contributed by atoms with van der Waals surface area (Å²) in [7, 11) is 1.29. The van der Waals surface area contributed by atoms with Crippen LogP contribution in [-0.4, -0.2) is 24.8 Å². The summed E-state index contributed by atoms with van der Waals surface area (Å²) in [4.78, 5) is 11.5. The number of rotatable bonds is 5. The molecular formula is C14H15N5O2. The molecule has 0 aliphatic heterocycles. The van der Waals surface area contributed by atoms with Crippen LogP contribution < -0.4 is 10.7 Å². The van der Waals surface area contributed by atoms with Crippen molar-refractivity contribution in [3.05, 3.63) is 23.8 Å². The number of nitrogens with zero attached hydrogens (tertiary/aromatic N) is 3. The molecule has 0 radical (unpaired) electrons. The van der Waals surface area contributed by atoms with Gasteiger partial charge in [0.25, 0.3) is 0 Å². The van der Waals surface area contributed by atoms with E-state index in [2.05, 4.69) is 20.6 Å². The van der Waals surface area contributed by atoms with Gasteiger partial charge in [-0.15, -0.1) is 0 Å². The van der Waals surface area contributed by atoms with Crippen LogP contribution in [0.4, 0.5) is 11.4 Å². The van der Waals surface area contributed by atoms with E-state index < -0.39 is 5.97 Å². The first-order chi connectivity index (χ1) is 10.0. The maximum absolute atomic E-state index is 11.5. The Morgan fingerprint density at radius 1 is 1.29 bits per heavy atom. The molecule has 0 aliphatic rings. The Hall–Kier alpha value is -3.06. The molecule has 0 bridgehead atoms. The summed E-state index contributed by atoms with van der Waals surface area (Å²) in [6, 6.07) is 8.29. The maximum Gasteiger partial charge on any atom is 0.337 e. The Balaban J connectivity index is 3.17. The van der Waals surface area contributed by atoms with Crippen LogP contribution in [-0.2, 0) is 4.74 Å².